The Morgan fingerprint density at radius 3 is 2.79 bits per heavy atom. The zero-order valence-electron chi connectivity index (χ0n) is 12.7. The molecular formula is C17H15ClN2OS3. The summed E-state index contributed by atoms with van der Waals surface area (Å²) >= 11 is 10.8. The normalized spacial score (nSPS) is 10.7. The fraction of sp³-hybridized carbons (Fsp3) is 0.176. The average Bonchev–Trinajstić information content (AvgIpc) is 3.24. The first-order valence-corrected chi connectivity index (χ1v) is 10.4. The molecular weight excluding hydrogens is 380 g/mol. The van der Waals surface area contributed by atoms with Crippen molar-refractivity contribution in [2.45, 2.75) is 23.1 Å². The van der Waals surface area contributed by atoms with Crippen molar-refractivity contribution in [1.82, 2.24) is 10.3 Å². The Balaban J connectivity index is 1.46. The van der Waals surface area contributed by atoms with Crippen LogP contribution in [0.5, 0.6) is 0 Å². The molecule has 1 aromatic carbocycles. The Morgan fingerprint density at radius 2 is 2.04 bits per heavy atom. The number of amides is 1. The van der Waals surface area contributed by atoms with Gasteiger partial charge in [-0.25, -0.2) is 4.98 Å². The number of thiazole rings is 1. The largest absolute Gasteiger partial charge is 0.351 e. The SMILES string of the molecule is O=C(Cc1csc(SCc2ccc(Cl)cc2)n1)NCc1cccs1. The van der Waals surface area contributed by atoms with E-state index >= 15 is 0 Å². The number of nitrogens with one attached hydrogen (secondary N) is 1. The van der Waals surface area contributed by atoms with E-state index in [0.717, 1.165) is 25.7 Å². The summed E-state index contributed by atoms with van der Waals surface area (Å²) in [6.45, 7) is 0.582. The van der Waals surface area contributed by atoms with Gasteiger partial charge in [0.1, 0.15) is 4.34 Å². The molecule has 0 unspecified atom stereocenters. The van der Waals surface area contributed by atoms with Crippen LogP contribution in [0.2, 0.25) is 5.02 Å². The number of thioether (sulfide) groups is 1. The van der Waals surface area contributed by atoms with Gasteiger partial charge in [0.25, 0.3) is 0 Å². The van der Waals surface area contributed by atoms with Crippen molar-refractivity contribution < 1.29 is 4.79 Å². The second kappa shape index (κ2) is 8.67. The molecule has 24 heavy (non-hydrogen) atoms. The molecule has 2 aromatic heterocycles. The molecule has 2 heterocycles. The van der Waals surface area contributed by atoms with E-state index in [1.165, 1.54) is 5.56 Å². The molecule has 0 fully saturated rings. The molecule has 3 aromatic rings. The Morgan fingerprint density at radius 1 is 1.21 bits per heavy atom. The maximum absolute atomic E-state index is 12.0. The molecule has 3 nitrogen and oxygen atoms in total. The molecule has 0 spiro atoms. The summed E-state index contributed by atoms with van der Waals surface area (Å²) in [5, 5.41) is 7.63. The highest BCUT2D eigenvalue weighted by atomic mass is 35.5. The van der Waals surface area contributed by atoms with Crippen LogP contribution in [0.1, 0.15) is 16.1 Å². The molecule has 0 bridgehead atoms. The molecule has 3 rings (SSSR count). The van der Waals surface area contributed by atoms with E-state index < -0.39 is 0 Å². The molecule has 1 amide bonds. The van der Waals surface area contributed by atoms with Crippen LogP contribution in [0.15, 0.2) is 51.5 Å². The van der Waals surface area contributed by atoms with Crippen molar-refractivity contribution in [3.8, 4) is 0 Å². The number of halogens is 1. The lowest BCUT2D eigenvalue weighted by atomic mass is 10.2. The number of hydrogen-bond donors (Lipinski definition) is 1. The number of rotatable bonds is 7. The second-order valence-corrected chi connectivity index (χ2v) is 8.60. The van der Waals surface area contributed by atoms with Gasteiger partial charge in [0.05, 0.1) is 18.7 Å². The van der Waals surface area contributed by atoms with Gasteiger partial charge < -0.3 is 5.32 Å². The Bertz CT molecular complexity index is 785. The standard InChI is InChI=1S/C17H15ClN2OS3/c18-13-5-3-12(4-6-13)10-23-17-20-14(11-24-17)8-16(21)19-9-15-2-1-7-22-15/h1-7,11H,8-10H2,(H,19,21). The third-order valence-corrected chi connectivity index (χ3v) is 6.46. The Labute approximate surface area is 158 Å². The van der Waals surface area contributed by atoms with Crippen LogP contribution in [0.4, 0.5) is 0 Å². The molecule has 0 aliphatic rings. The van der Waals surface area contributed by atoms with Gasteiger partial charge in [-0.1, -0.05) is 41.6 Å². The number of thiophene rings is 1. The van der Waals surface area contributed by atoms with E-state index in [-0.39, 0.29) is 5.91 Å². The van der Waals surface area contributed by atoms with Crippen LogP contribution in [0, 0.1) is 0 Å². The molecule has 0 atom stereocenters. The maximum atomic E-state index is 12.0. The summed E-state index contributed by atoms with van der Waals surface area (Å²) in [6, 6.07) is 11.8. The molecule has 0 saturated carbocycles. The van der Waals surface area contributed by atoms with Gasteiger partial charge in [0.15, 0.2) is 0 Å². The van der Waals surface area contributed by atoms with E-state index in [1.54, 1.807) is 34.4 Å². The average molecular weight is 395 g/mol. The van der Waals surface area contributed by atoms with Gasteiger partial charge >= 0.3 is 0 Å². The third kappa shape index (κ3) is 5.34. The van der Waals surface area contributed by atoms with Crippen molar-refractivity contribution >= 4 is 51.9 Å². The van der Waals surface area contributed by atoms with Crippen LogP contribution in [-0.2, 0) is 23.5 Å². The van der Waals surface area contributed by atoms with Crippen molar-refractivity contribution in [2.75, 3.05) is 0 Å². The summed E-state index contributed by atoms with van der Waals surface area (Å²) in [6.07, 6.45) is 0.323. The first-order chi connectivity index (χ1) is 11.7. The first-order valence-electron chi connectivity index (χ1n) is 7.30. The highest BCUT2D eigenvalue weighted by Crippen LogP contribution is 2.26. The first kappa shape index (κ1) is 17.5. The number of nitrogens with zero attached hydrogens (tertiary/aromatic N) is 1. The van der Waals surface area contributed by atoms with E-state index in [0.29, 0.717) is 13.0 Å². The quantitative estimate of drug-likeness (QED) is 0.573. The van der Waals surface area contributed by atoms with Crippen molar-refractivity contribution in [3.63, 3.8) is 0 Å². The van der Waals surface area contributed by atoms with Crippen LogP contribution in [0.3, 0.4) is 0 Å². The zero-order valence-corrected chi connectivity index (χ0v) is 15.9. The Hall–Kier alpha value is -1.34. The Kier molecular flexibility index (Phi) is 6.31. The van der Waals surface area contributed by atoms with Gasteiger partial charge in [-0.2, -0.15) is 0 Å². The van der Waals surface area contributed by atoms with Crippen LogP contribution in [-0.4, -0.2) is 10.9 Å². The van der Waals surface area contributed by atoms with E-state index in [2.05, 4.69) is 10.3 Å². The van der Waals surface area contributed by atoms with E-state index in [4.69, 9.17) is 11.6 Å². The smallest absolute Gasteiger partial charge is 0.226 e. The molecule has 0 aliphatic heterocycles. The zero-order chi connectivity index (χ0) is 16.8. The number of benzene rings is 1. The summed E-state index contributed by atoms with van der Waals surface area (Å²) in [5.74, 6) is 0.845. The molecule has 0 saturated heterocycles. The van der Waals surface area contributed by atoms with E-state index in [1.807, 2.05) is 47.2 Å². The number of hydrogen-bond acceptors (Lipinski definition) is 5. The van der Waals surface area contributed by atoms with Gasteiger partial charge in [0.2, 0.25) is 5.91 Å². The molecule has 1 N–H and O–H groups in total. The third-order valence-electron chi connectivity index (χ3n) is 3.19. The van der Waals surface area contributed by atoms with Gasteiger partial charge in [-0.3, -0.25) is 4.79 Å². The van der Waals surface area contributed by atoms with Crippen LogP contribution < -0.4 is 5.32 Å². The molecule has 7 heteroatoms. The monoisotopic (exact) mass is 394 g/mol. The minimum atomic E-state index is 0.00273. The number of aromatic nitrogens is 1. The minimum absolute atomic E-state index is 0.00273. The highest BCUT2D eigenvalue weighted by Gasteiger charge is 2.08. The van der Waals surface area contributed by atoms with E-state index in [9.17, 15) is 4.79 Å². The van der Waals surface area contributed by atoms with Gasteiger partial charge in [-0.15, -0.1) is 22.7 Å². The minimum Gasteiger partial charge on any atom is -0.351 e. The summed E-state index contributed by atoms with van der Waals surface area (Å²) in [7, 11) is 0. The highest BCUT2D eigenvalue weighted by molar-refractivity contribution is 8.00. The predicted octanol–water partition coefficient (Wildman–Crippen LogP) is 5.01. The van der Waals surface area contributed by atoms with Crippen molar-refractivity contribution in [3.05, 3.63) is 68.3 Å². The number of carbonyl (C=O) groups excluding carboxylic acids is 1. The molecule has 0 radical (unpaired) electrons. The van der Waals surface area contributed by atoms with Crippen molar-refractivity contribution in [2.24, 2.45) is 0 Å². The topological polar surface area (TPSA) is 42.0 Å². The van der Waals surface area contributed by atoms with Crippen LogP contribution >= 0.6 is 46.0 Å². The fourth-order valence-corrected chi connectivity index (χ4v) is 4.56. The molecule has 0 aliphatic carbocycles. The number of carbonyl (C=O) groups is 1. The lowest BCUT2D eigenvalue weighted by molar-refractivity contribution is -0.120. The van der Waals surface area contributed by atoms with Gasteiger partial charge in [-0.05, 0) is 29.1 Å². The van der Waals surface area contributed by atoms with Gasteiger partial charge in [0, 0.05) is 21.0 Å². The van der Waals surface area contributed by atoms with Crippen molar-refractivity contribution in [1.29, 1.82) is 0 Å². The maximum Gasteiger partial charge on any atom is 0.226 e. The van der Waals surface area contributed by atoms with Crippen LogP contribution in [0.25, 0.3) is 0 Å². The molecule has 124 valence electrons. The summed E-state index contributed by atoms with van der Waals surface area (Å²) in [5.41, 5.74) is 2.03. The fourth-order valence-electron chi connectivity index (χ4n) is 1.99. The summed E-state index contributed by atoms with van der Waals surface area (Å²) < 4.78 is 0.978. The lowest BCUT2D eigenvalue weighted by Gasteiger charge is -2.01. The summed E-state index contributed by atoms with van der Waals surface area (Å²) in [4.78, 5) is 17.6. The lowest BCUT2D eigenvalue weighted by Crippen LogP contribution is -2.24. The second-order valence-electron chi connectivity index (χ2n) is 5.05. The predicted molar refractivity (Wildman–Crippen MR) is 103 cm³/mol.